The minimum Gasteiger partial charge on any atom is -0.493 e. The van der Waals surface area contributed by atoms with Crippen molar-refractivity contribution in [2.45, 2.75) is 65.8 Å². The summed E-state index contributed by atoms with van der Waals surface area (Å²) in [6, 6.07) is 7.12. The lowest BCUT2D eigenvalue weighted by atomic mass is 10.0. The van der Waals surface area contributed by atoms with Gasteiger partial charge in [0, 0.05) is 6.04 Å². The lowest BCUT2D eigenvalue weighted by molar-refractivity contribution is 0.300. The van der Waals surface area contributed by atoms with Gasteiger partial charge in [0.25, 0.3) is 0 Å². The Hall–Kier alpha value is -1.02. The summed E-state index contributed by atoms with van der Waals surface area (Å²) in [5.41, 5.74) is 2.59. The molecule has 0 heterocycles. The fourth-order valence-electron chi connectivity index (χ4n) is 2.22. The predicted octanol–water partition coefficient (Wildman–Crippen LogP) is 4.67. The number of rotatable bonds is 9. The Bertz CT molecular complexity index is 385. The van der Waals surface area contributed by atoms with Gasteiger partial charge in [0.2, 0.25) is 0 Å². The van der Waals surface area contributed by atoms with E-state index in [1.165, 1.54) is 24.0 Å². The average Bonchev–Trinajstić information content (AvgIpc) is 2.37. The lowest BCUT2D eigenvalue weighted by Crippen LogP contribution is -2.23. The minimum atomic E-state index is 0.515. The summed E-state index contributed by atoms with van der Waals surface area (Å²) in [4.78, 5) is 0. The lowest BCUT2D eigenvalue weighted by Gasteiger charge is -2.15. The molecule has 1 aromatic rings. The third-order valence-electron chi connectivity index (χ3n) is 3.42. The Kier molecular flexibility index (Phi) is 7.68. The van der Waals surface area contributed by atoms with Crippen molar-refractivity contribution in [2.24, 2.45) is 0 Å². The van der Waals surface area contributed by atoms with Gasteiger partial charge in [-0.3, -0.25) is 0 Å². The van der Waals surface area contributed by atoms with Gasteiger partial charge in [-0.25, -0.2) is 0 Å². The number of unbranched alkanes of at least 4 members (excludes halogenated alkanes) is 2. The quantitative estimate of drug-likeness (QED) is 0.663. The number of hydrogen-bond acceptors (Lipinski definition) is 2. The van der Waals surface area contributed by atoms with Crippen molar-refractivity contribution in [1.82, 2.24) is 5.32 Å². The molecule has 0 atom stereocenters. The Morgan fingerprint density at radius 2 is 1.80 bits per heavy atom. The molecule has 2 heteroatoms. The van der Waals surface area contributed by atoms with Crippen molar-refractivity contribution in [1.29, 1.82) is 0 Å². The van der Waals surface area contributed by atoms with Crippen LogP contribution >= 0.6 is 0 Å². The normalized spacial score (nSPS) is 11.3. The van der Waals surface area contributed by atoms with Gasteiger partial charge in [-0.05, 0) is 55.8 Å². The Morgan fingerprint density at radius 1 is 1.05 bits per heavy atom. The van der Waals surface area contributed by atoms with Crippen LogP contribution in [0.1, 0.15) is 64.0 Å². The molecule has 20 heavy (non-hydrogen) atoms. The van der Waals surface area contributed by atoms with E-state index >= 15 is 0 Å². The third kappa shape index (κ3) is 6.42. The monoisotopic (exact) mass is 277 g/mol. The van der Waals surface area contributed by atoms with E-state index in [1.54, 1.807) is 0 Å². The van der Waals surface area contributed by atoms with Gasteiger partial charge >= 0.3 is 0 Å². The van der Waals surface area contributed by atoms with Gasteiger partial charge in [0.15, 0.2) is 0 Å². The number of hydrogen-bond donors (Lipinski definition) is 1. The Morgan fingerprint density at radius 3 is 2.45 bits per heavy atom. The molecule has 0 saturated heterocycles. The highest BCUT2D eigenvalue weighted by atomic mass is 16.5. The third-order valence-corrected chi connectivity index (χ3v) is 3.42. The maximum Gasteiger partial charge on any atom is 0.122 e. The molecule has 1 N–H and O–H groups in total. The van der Waals surface area contributed by atoms with Crippen molar-refractivity contribution < 1.29 is 4.74 Å². The first-order chi connectivity index (χ1) is 9.50. The van der Waals surface area contributed by atoms with Crippen LogP contribution < -0.4 is 10.1 Å². The minimum absolute atomic E-state index is 0.515. The summed E-state index contributed by atoms with van der Waals surface area (Å²) in [5, 5.41) is 3.44. The molecule has 0 aliphatic rings. The molecule has 2 nitrogen and oxygen atoms in total. The largest absolute Gasteiger partial charge is 0.493 e. The molecule has 0 saturated carbocycles. The van der Waals surface area contributed by atoms with Gasteiger partial charge in [0.05, 0.1) is 6.61 Å². The second-order valence-electron chi connectivity index (χ2n) is 6.21. The molecule has 1 rings (SSSR count). The van der Waals surface area contributed by atoms with Crippen molar-refractivity contribution >= 4 is 0 Å². The van der Waals surface area contributed by atoms with Crippen molar-refractivity contribution in [3.63, 3.8) is 0 Å². The summed E-state index contributed by atoms with van der Waals surface area (Å²) in [5.74, 6) is 1.58. The standard InChI is InChI=1S/C18H31NO/c1-14(2)17-10-9-16(5)13-18(17)20-12-8-6-7-11-19-15(3)4/h9-10,13-15,19H,6-8,11-12H2,1-5H3. The molecule has 0 aliphatic heterocycles. The Labute approximate surface area is 124 Å². The molecule has 0 aliphatic carbocycles. The van der Waals surface area contributed by atoms with Crippen LogP contribution in [0, 0.1) is 6.92 Å². The van der Waals surface area contributed by atoms with Gasteiger partial charge < -0.3 is 10.1 Å². The molecule has 0 aromatic heterocycles. The van der Waals surface area contributed by atoms with Crippen LogP contribution in [0.25, 0.3) is 0 Å². The van der Waals surface area contributed by atoms with E-state index in [2.05, 4.69) is 58.1 Å². The topological polar surface area (TPSA) is 21.3 Å². The smallest absolute Gasteiger partial charge is 0.122 e. The van der Waals surface area contributed by atoms with Gasteiger partial charge in [-0.2, -0.15) is 0 Å². The summed E-state index contributed by atoms with van der Waals surface area (Å²) >= 11 is 0. The van der Waals surface area contributed by atoms with Crippen LogP contribution in [0.15, 0.2) is 18.2 Å². The van der Waals surface area contributed by atoms with Gasteiger partial charge in [-0.15, -0.1) is 0 Å². The molecule has 0 amide bonds. The molecule has 1 aromatic carbocycles. The number of nitrogens with one attached hydrogen (secondary N) is 1. The highest BCUT2D eigenvalue weighted by Gasteiger charge is 2.07. The van der Waals surface area contributed by atoms with E-state index in [1.807, 2.05) is 0 Å². The van der Waals surface area contributed by atoms with Crippen LogP contribution in [0.2, 0.25) is 0 Å². The number of benzene rings is 1. The fraction of sp³-hybridized carbons (Fsp3) is 0.667. The average molecular weight is 277 g/mol. The van der Waals surface area contributed by atoms with Crippen LogP contribution in [0.3, 0.4) is 0 Å². The van der Waals surface area contributed by atoms with E-state index in [-0.39, 0.29) is 0 Å². The second-order valence-corrected chi connectivity index (χ2v) is 6.21. The highest BCUT2D eigenvalue weighted by Crippen LogP contribution is 2.27. The molecule has 0 spiro atoms. The first-order valence-electron chi connectivity index (χ1n) is 7.97. The molecule has 0 fully saturated rings. The fourth-order valence-corrected chi connectivity index (χ4v) is 2.22. The molecule has 0 unspecified atom stereocenters. The Balaban J connectivity index is 2.29. The number of aryl methyl sites for hydroxylation is 1. The molecule has 0 radical (unpaired) electrons. The van der Waals surface area contributed by atoms with Crippen molar-refractivity contribution in [3.05, 3.63) is 29.3 Å². The van der Waals surface area contributed by atoms with E-state index < -0.39 is 0 Å². The van der Waals surface area contributed by atoms with E-state index in [0.29, 0.717) is 12.0 Å². The van der Waals surface area contributed by atoms with Crippen molar-refractivity contribution in [3.8, 4) is 5.75 Å². The zero-order chi connectivity index (χ0) is 15.0. The van der Waals surface area contributed by atoms with E-state index in [9.17, 15) is 0 Å². The zero-order valence-corrected chi connectivity index (χ0v) is 13.8. The van der Waals surface area contributed by atoms with Crippen LogP contribution in [0.5, 0.6) is 5.75 Å². The zero-order valence-electron chi connectivity index (χ0n) is 13.8. The predicted molar refractivity (Wildman–Crippen MR) is 87.8 cm³/mol. The summed E-state index contributed by atoms with van der Waals surface area (Å²) in [7, 11) is 0. The van der Waals surface area contributed by atoms with Crippen LogP contribution in [-0.4, -0.2) is 19.2 Å². The molecular weight excluding hydrogens is 246 g/mol. The molecule has 0 bridgehead atoms. The van der Waals surface area contributed by atoms with Crippen LogP contribution in [-0.2, 0) is 0 Å². The highest BCUT2D eigenvalue weighted by molar-refractivity contribution is 5.39. The second kappa shape index (κ2) is 9.02. The first kappa shape index (κ1) is 17.0. The molecule has 114 valence electrons. The van der Waals surface area contributed by atoms with E-state index in [4.69, 9.17) is 4.74 Å². The van der Waals surface area contributed by atoms with E-state index in [0.717, 1.165) is 25.3 Å². The van der Waals surface area contributed by atoms with Gasteiger partial charge in [0.1, 0.15) is 5.75 Å². The maximum atomic E-state index is 5.99. The summed E-state index contributed by atoms with van der Waals surface area (Å²) < 4.78 is 5.99. The van der Waals surface area contributed by atoms with Gasteiger partial charge in [-0.1, -0.05) is 39.8 Å². The summed E-state index contributed by atoms with van der Waals surface area (Å²) in [6.45, 7) is 12.9. The number of ether oxygens (including phenoxy) is 1. The van der Waals surface area contributed by atoms with Crippen LogP contribution in [0.4, 0.5) is 0 Å². The first-order valence-corrected chi connectivity index (χ1v) is 7.97. The molecular formula is C18H31NO. The van der Waals surface area contributed by atoms with Crippen molar-refractivity contribution in [2.75, 3.05) is 13.2 Å². The SMILES string of the molecule is Cc1ccc(C(C)C)c(OCCCCCNC(C)C)c1. The summed E-state index contributed by atoms with van der Waals surface area (Å²) in [6.07, 6.45) is 3.58. The maximum absolute atomic E-state index is 5.99.